The molecule has 0 N–H and O–H groups in total. The van der Waals surface area contributed by atoms with Crippen molar-refractivity contribution in [2.45, 2.75) is 64.5 Å². The molecule has 1 saturated carbocycles. The van der Waals surface area contributed by atoms with E-state index in [-0.39, 0.29) is 5.97 Å². The minimum Gasteiger partial charge on any atom is -0.456 e. The summed E-state index contributed by atoms with van der Waals surface area (Å²) in [5.41, 5.74) is 4.41. The van der Waals surface area contributed by atoms with Gasteiger partial charge in [0.2, 0.25) is 0 Å². The highest BCUT2D eigenvalue weighted by Crippen LogP contribution is 2.40. The number of ether oxygens (including phenoxy) is 2. The Morgan fingerprint density at radius 1 is 1.22 bits per heavy atom. The van der Waals surface area contributed by atoms with Gasteiger partial charge in [-0.15, -0.1) is 0 Å². The van der Waals surface area contributed by atoms with Gasteiger partial charge in [-0.3, -0.25) is 4.98 Å². The summed E-state index contributed by atoms with van der Waals surface area (Å²) in [5, 5.41) is 1.22. The first kappa shape index (κ1) is 21.2. The summed E-state index contributed by atoms with van der Waals surface area (Å²) in [7, 11) is 0. The van der Waals surface area contributed by atoms with E-state index in [0.29, 0.717) is 23.8 Å². The number of aromatic nitrogens is 2. The lowest BCUT2D eigenvalue weighted by Gasteiger charge is -2.21. The van der Waals surface area contributed by atoms with E-state index in [0.717, 1.165) is 37.4 Å². The van der Waals surface area contributed by atoms with Gasteiger partial charge >= 0.3 is 5.97 Å². The predicted octanol–water partition coefficient (Wildman–Crippen LogP) is 5.50. The highest BCUT2D eigenvalue weighted by atomic mass is 16.6. The van der Waals surface area contributed by atoms with Crippen LogP contribution in [0.4, 0.5) is 0 Å². The molecule has 2 aliphatic rings. The third-order valence-electron chi connectivity index (χ3n) is 6.40. The molecule has 32 heavy (non-hydrogen) atoms. The number of carbonyl (C=O) groups excluding carboxylic acids is 1. The predicted molar refractivity (Wildman–Crippen MR) is 125 cm³/mol. The van der Waals surface area contributed by atoms with Crippen LogP contribution in [-0.2, 0) is 22.4 Å². The van der Waals surface area contributed by atoms with Gasteiger partial charge in [0, 0.05) is 48.8 Å². The number of fused-ring (bicyclic) bond motifs is 1. The van der Waals surface area contributed by atoms with Crippen molar-refractivity contribution in [3.8, 4) is 0 Å². The third kappa shape index (κ3) is 4.58. The Morgan fingerprint density at radius 2 is 2.06 bits per heavy atom. The van der Waals surface area contributed by atoms with Gasteiger partial charge in [0.25, 0.3) is 0 Å². The van der Waals surface area contributed by atoms with E-state index in [9.17, 15) is 4.79 Å². The number of hydrogen-bond acceptors (Lipinski definition) is 4. The summed E-state index contributed by atoms with van der Waals surface area (Å²) in [6, 6.07) is 10.6. The van der Waals surface area contributed by atoms with Crippen LogP contribution in [0.1, 0.15) is 73.1 Å². The summed E-state index contributed by atoms with van der Waals surface area (Å²) >= 11 is 0. The quantitative estimate of drug-likeness (QED) is 0.483. The van der Waals surface area contributed by atoms with E-state index in [1.54, 1.807) is 0 Å². The van der Waals surface area contributed by atoms with Crippen LogP contribution in [0.3, 0.4) is 0 Å². The molecular formula is C27H32N2O3. The van der Waals surface area contributed by atoms with Crippen LogP contribution in [-0.4, -0.2) is 34.3 Å². The van der Waals surface area contributed by atoms with E-state index in [4.69, 9.17) is 14.5 Å². The fraction of sp³-hybridized carbons (Fsp3) is 0.481. The lowest BCUT2D eigenvalue weighted by atomic mass is 10.00. The molecule has 3 heterocycles. The maximum atomic E-state index is 13.0. The number of benzene rings is 1. The van der Waals surface area contributed by atoms with Crippen LogP contribution >= 0.6 is 0 Å². The first-order chi connectivity index (χ1) is 15.4. The van der Waals surface area contributed by atoms with Gasteiger partial charge < -0.3 is 14.0 Å². The number of esters is 1. The van der Waals surface area contributed by atoms with Crippen LogP contribution in [0.2, 0.25) is 0 Å². The smallest absolute Gasteiger partial charge is 0.340 e. The average molecular weight is 433 g/mol. The van der Waals surface area contributed by atoms with Crippen molar-refractivity contribution in [2.24, 2.45) is 5.92 Å². The van der Waals surface area contributed by atoms with Crippen molar-refractivity contribution in [1.82, 2.24) is 9.55 Å². The van der Waals surface area contributed by atoms with Crippen LogP contribution in [0.15, 0.2) is 42.7 Å². The maximum Gasteiger partial charge on any atom is 0.340 e. The Balaban J connectivity index is 1.46. The molecule has 1 atom stereocenters. The highest BCUT2D eigenvalue weighted by Gasteiger charge is 2.28. The molecule has 0 radical (unpaired) electrons. The Hall–Kier alpha value is -2.66. The molecule has 5 heteroatoms. The maximum absolute atomic E-state index is 13.0. The average Bonchev–Trinajstić information content (AvgIpc) is 3.31. The second-order valence-electron chi connectivity index (χ2n) is 10.3. The zero-order valence-corrected chi connectivity index (χ0v) is 19.3. The molecule has 1 aliphatic carbocycles. The van der Waals surface area contributed by atoms with Gasteiger partial charge in [-0.05, 0) is 75.3 Å². The number of pyridine rings is 1. The molecule has 1 aromatic carbocycles. The largest absolute Gasteiger partial charge is 0.456 e. The minimum absolute atomic E-state index is 0.284. The second-order valence-corrected chi connectivity index (χ2v) is 10.3. The number of rotatable bonds is 6. The van der Waals surface area contributed by atoms with Crippen molar-refractivity contribution < 1.29 is 14.3 Å². The topological polar surface area (TPSA) is 53.3 Å². The van der Waals surface area contributed by atoms with Gasteiger partial charge in [0.1, 0.15) is 5.60 Å². The van der Waals surface area contributed by atoms with Gasteiger partial charge in [-0.1, -0.05) is 12.1 Å². The molecular weight excluding hydrogens is 400 g/mol. The fourth-order valence-electron chi connectivity index (χ4n) is 4.59. The molecule has 2 fully saturated rings. The van der Waals surface area contributed by atoms with Gasteiger partial charge in [0.05, 0.1) is 17.9 Å². The first-order valence-corrected chi connectivity index (χ1v) is 11.7. The zero-order chi connectivity index (χ0) is 22.3. The Labute approximate surface area is 189 Å². The van der Waals surface area contributed by atoms with E-state index in [1.807, 2.05) is 33.0 Å². The van der Waals surface area contributed by atoms with Gasteiger partial charge in [-0.25, -0.2) is 4.79 Å². The monoisotopic (exact) mass is 432 g/mol. The molecule has 168 valence electrons. The molecule has 1 unspecified atom stereocenters. The van der Waals surface area contributed by atoms with Crippen LogP contribution in [0.5, 0.6) is 0 Å². The number of hydrogen-bond donors (Lipinski definition) is 0. The molecule has 5 rings (SSSR count). The fourth-order valence-corrected chi connectivity index (χ4v) is 4.59. The van der Waals surface area contributed by atoms with Crippen molar-refractivity contribution in [3.05, 3.63) is 65.1 Å². The standard InChI is InChI=1S/C27H32N2O3/c1-27(2,3)32-26(30)23-13-21(19-7-8-19)15-28-24(23)14-20-5-4-6-25-22(20)9-11-29(25)16-18-10-12-31-17-18/h4-6,9,11,13,15,18-19H,7-8,10,12,14,16-17H2,1-3H3. The van der Waals surface area contributed by atoms with E-state index in [2.05, 4.69) is 35.0 Å². The SMILES string of the molecule is CC(C)(C)OC(=O)c1cc(C2CC2)cnc1Cc1cccc2c1ccn2CC1CCOC1. The Kier molecular flexibility index (Phi) is 5.54. The normalized spacial score (nSPS) is 18.9. The molecule has 0 amide bonds. The van der Waals surface area contributed by atoms with Crippen molar-refractivity contribution in [1.29, 1.82) is 0 Å². The van der Waals surface area contributed by atoms with Crippen molar-refractivity contribution in [2.75, 3.05) is 13.2 Å². The van der Waals surface area contributed by atoms with Crippen LogP contribution < -0.4 is 0 Å². The van der Waals surface area contributed by atoms with Crippen molar-refractivity contribution in [3.63, 3.8) is 0 Å². The molecule has 1 saturated heterocycles. The molecule has 2 aromatic heterocycles. The summed E-state index contributed by atoms with van der Waals surface area (Å²) in [5.74, 6) is 0.827. The molecule has 3 aromatic rings. The Morgan fingerprint density at radius 3 is 2.78 bits per heavy atom. The third-order valence-corrected chi connectivity index (χ3v) is 6.40. The summed E-state index contributed by atoms with van der Waals surface area (Å²) < 4.78 is 13.6. The van der Waals surface area contributed by atoms with E-state index < -0.39 is 5.60 Å². The summed E-state index contributed by atoms with van der Waals surface area (Å²) in [6.07, 6.45) is 8.20. The van der Waals surface area contributed by atoms with Crippen LogP contribution in [0, 0.1) is 5.92 Å². The molecule has 1 aliphatic heterocycles. The van der Waals surface area contributed by atoms with E-state index >= 15 is 0 Å². The Bertz CT molecular complexity index is 1130. The first-order valence-electron chi connectivity index (χ1n) is 11.7. The molecule has 5 nitrogen and oxygen atoms in total. The molecule has 0 spiro atoms. The lowest BCUT2D eigenvalue weighted by molar-refractivity contribution is 0.00678. The van der Waals surface area contributed by atoms with Gasteiger partial charge in [-0.2, -0.15) is 0 Å². The van der Waals surface area contributed by atoms with Gasteiger partial charge in [0.15, 0.2) is 0 Å². The van der Waals surface area contributed by atoms with Crippen molar-refractivity contribution >= 4 is 16.9 Å². The number of carbonyl (C=O) groups is 1. The highest BCUT2D eigenvalue weighted by molar-refractivity contribution is 5.92. The summed E-state index contributed by atoms with van der Waals surface area (Å²) in [4.78, 5) is 17.8. The minimum atomic E-state index is -0.537. The summed E-state index contributed by atoms with van der Waals surface area (Å²) in [6.45, 7) is 8.40. The molecule has 0 bridgehead atoms. The lowest BCUT2D eigenvalue weighted by Crippen LogP contribution is -2.25. The number of nitrogens with zero attached hydrogens (tertiary/aromatic N) is 2. The second kappa shape index (κ2) is 8.36. The van der Waals surface area contributed by atoms with Crippen LogP contribution in [0.25, 0.3) is 10.9 Å². The zero-order valence-electron chi connectivity index (χ0n) is 19.3. The van der Waals surface area contributed by atoms with E-state index in [1.165, 1.54) is 29.3 Å².